The number of aryl methyl sites for hydroxylation is 4. The minimum atomic E-state index is -0.644. The van der Waals surface area contributed by atoms with Crippen LogP contribution in [-0.2, 0) is 10.8 Å². The molecule has 1 aliphatic rings. The second-order valence-corrected chi connectivity index (χ2v) is 13.8. The molecule has 0 aliphatic carbocycles. The van der Waals surface area contributed by atoms with Crippen molar-refractivity contribution in [3.63, 3.8) is 0 Å². The van der Waals surface area contributed by atoms with Crippen molar-refractivity contribution in [1.82, 2.24) is 19.9 Å². The molecule has 9 heteroatoms. The molecule has 268 valence electrons. The van der Waals surface area contributed by atoms with Crippen LogP contribution in [0.4, 0.5) is 22.7 Å². The van der Waals surface area contributed by atoms with Crippen LogP contribution in [0.25, 0.3) is 0 Å². The second kappa shape index (κ2) is 15.3. The zero-order chi connectivity index (χ0) is 36.6. The maximum atomic E-state index is 4.95. The van der Waals surface area contributed by atoms with Crippen LogP contribution in [0.2, 0.25) is 0 Å². The average molecular weight is 921 g/mol. The minimum Gasteiger partial charge on any atom is -0.661 e. The van der Waals surface area contributed by atoms with Crippen LogP contribution in [0.15, 0.2) is 92.8 Å². The third-order valence-corrected chi connectivity index (χ3v) is 10.3. The molecule has 4 aromatic heterocycles. The monoisotopic (exact) mass is 920 g/mol. The van der Waals surface area contributed by atoms with Crippen LogP contribution in [0.5, 0.6) is 0 Å². The molecule has 6 aromatic rings. The fourth-order valence-electron chi connectivity index (χ4n) is 6.38. The average Bonchev–Trinajstić information content (AvgIpc) is 3.98. The number of fused-ring (bicyclic) bond motifs is 10. The Kier molecular flexibility index (Phi) is 11.0. The molecule has 0 spiro atoms. The topological polar surface area (TPSA) is 106 Å². The van der Waals surface area contributed by atoms with Crippen LogP contribution in [0.3, 0.4) is 0 Å². The van der Waals surface area contributed by atoms with Gasteiger partial charge in [-0.1, -0.05) is 75.2 Å². The molecule has 2 aromatic carbocycles. The summed E-state index contributed by atoms with van der Waals surface area (Å²) in [6.45, 7) is 21.7. The van der Waals surface area contributed by atoms with Gasteiger partial charge >= 0.3 is 0 Å². The van der Waals surface area contributed by atoms with Gasteiger partial charge in [0.15, 0.2) is 0 Å². The van der Waals surface area contributed by atoms with Crippen molar-refractivity contribution in [3.05, 3.63) is 154 Å². The van der Waals surface area contributed by atoms with E-state index in [0.717, 1.165) is 90.6 Å². The van der Waals surface area contributed by atoms with Crippen LogP contribution < -0.4 is 19.9 Å². The van der Waals surface area contributed by atoms with Crippen LogP contribution in [0.1, 0.15) is 94.5 Å². The fourth-order valence-corrected chi connectivity index (χ4v) is 6.38. The van der Waals surface area contributed by atoms with Gasteiger partial charge < -0.3 is 33.8 Å². The second-order valence-electron chi connectivity index (χ2n) is 13.8. The summed E-state index contributed by atoms with van der Waals surface area (Å²) < 4.78 is 0. The van der Waals surface area contributed by atoms with Gasteiger partial charge in [0.25, 0.3) is 0 Å². The first-order chi connectivity index (χ1) is 25.0. The summed E-state index contributed by atoms with van der Waals surface area (Å²) in [5, 5.41) is 0. The van der Waals surface area contributed by atoms with Crippen LogP contribution in [0, 0.1) is 72.7 Å². The van der Waals surface area contributed by atoms with Gasteiger partial charge in [-0.3, -0.25) is 20.0 Å². The Morgan fingerprint density at radius 2 is 0.660 bits per heavy atom. The molecule has 0 amide bonds. The predicted molar refractivity (Wildman–Crippen MR) is 213 cm³/mol. The predicted octanol–water partition coefficient (Wildman–Crippen LogP) is 9.13. The van der Waals surface area contributed by atoms with Crippen LogP contribution >= 0.6 is 0 Å². The minimum absolute atomic E-state index is 0. The van der Waals surface area contributed by atoms with Gasteiger partial charge in [0.1, 0.15) is 0 Å². The maximum absolute atomic E-state index is 4.95. The summed E-state index contributed by atoms with van der Waals surface area (Å²) in [6, 6.07) is 24.1. The largest absolute Gasteiger partial charge is 0.661 e. The Morgan fingerprint density at radius 1 is 0.434 bits per heavy atom. The molecule has 7 rings (SSSR count). The third kappa shape index (κ3) is 7.56. The van der Waals surface area contributed by atoms with E-state index < -0.39 is 10.8 Å². The molecule has 0 unspecified atom stereocenters. The Balaban J connectivity index is 0.00000481. The number of benzene rings is 2. The molecular weight excluding hydrogens is 879 g/mol. The van der Waals surface area contributed by atoms with E-state index in [2.05, 4.69) is 79.7 Å². The number of nitrogens with zero attached hydrogens (tertiary/aromatic N) is 8. The van der Waals surface area contributed by atoms with Crippen molar-refractivity contribution < 1.29 is 31.1 Å². The zero-order valence-electron chi connectivity index (χ0n) is 31.1. The van der Waals surface area contributed by atoms with E-state index in [4.69, 9.17) is 39.9 Å². The first kappa shape index (κ1) is 38.0. The van der Waals surface area contributed by atoms with Crippen molar-refractivity contribution in [2.45, 2.75) is 65.2 Å². The molecule has 1 aliphatic heterocycles. The van der Waals surface area contributed by atoms with E-state index in [9.17, 15) is 0 Å². The number of hydrogen-bond donors (Lipinski definition) is 0. The quantitative estimate of drug-likeness (QED) is 0.162. The van der Waals surface area contributed by atoms with Gasteiger partial charge in [-0.15, -0.1) is 33.6 Å². The number of rotatable bonds is 2. The van der Waals surface area contributed by atoms with E-state index in [1.54, 1.807) is 24.9 Å². The van der Waals surface area contributed by atoms with E-state index in [1.807, 2.05) is 48.5 Å². The van der Waals surface area contributed by atoms with Gasteiger partial charge in [0.05, 0.1) is 22.7 Å². The number of hydrogen-bond acceptors (Lipinski definition) is 4. The normalized spacial score (nSPS) is 18.4. The SMILES string of the molecule is [CH2-]C1(CC)c2ccc([n-]2)C=Nc2cc(C)c(C)cc2N=Cc2ccc([n-]2)C([CH2-])(CC)c2ccc([n-]2)C=Nc2cc(C)c(C)cc2N=Cc2ccc1[n-]2.[U]. The van der Waals surface area contributed by atoms with E-state index in [0.29, 0.717) is 12.8 Å². The molecule has 0 N–H and O–H groups in total. The third-order valence-electron chi connectivity index (χ3n) is 10.3. The molecule has 0 radical (unpaired) electrons. The van der Waals surface area contributed by atoms with Gasteiger partial charge in [0.2, 0.25) is 0 Å². The molecule has 0 saturated carbocycles. The number of aromatic nitrogens is 4. The fraction of sp³-hybridized carbons (Fsp3) is 0.227. The Hall–Kier alpha value is -4.71. The van der Waals surface area contributed by atoms with Gasteiger partial charge in [-0.2, -0.15) is 22.8 Å². The smallest absolute Gasteiger partial charge is 0.0888 e. The summed E-state index contributed by atoms with van der Waals surface area (Å²) >= 11 is 0. The van der Waals surface area contributed by atoms with E-state index in [1.165, 1.54) is 0 Å². The molecule has 53 heavy (non-hydrogen) atoms. The van der Waals surface area contributed by atoms with Crippen molar-refractivity contribution >= 4 is 47.6 Å². The molecule has 0 fully saturated rings. The van der Waals surface area contributed by atoms with Gasteiger partial charge in [-0.25, -0.2) is 0 Å². The van der Waals surface area contributed by atoms with Crippen molar-refractivity contribution in [3.8, 4) is 0 Å². The summed E-state index contributed by atoms with van der Waals surface area (Å²) in [4.78, 5) is 39.3. The molecule has 8 bridgehead atoms. The first-order valence-corrected chi connectivity index (χ1v) is 17.7. The zero-order valence-corrected chi connectivity index (χ0v) is 35.3. The summed E-state index contributed by atoms with van der Waals surface area (Å²) in [6.07, 6.45) is 8.55. The van der Waals surface area contributed by atoms with E-state index >= 15 is 0 Å². The van der Waals surface area contributed by atoms with E-state index in [-0.39, 0.29) is 31.1 Å². The van der Waals surface area contributed by atoms with Gasteiger partial charge in [0, 0.05) is 56.0 Å². The summed E-state index contributed by atoms with van der Waals surface area (Å²) in [7, 11) is 0. The summed E-state index contributed by atoms with van der Waals surface area (Å²) in [5.41, 5.74) is 12.5. The standard InChI is InChI=1S/C44H42N8.U/c1-9-43(7)39-15-11-31(49-39)23-45-35-19-27(3)29(5)21-37(35)47-25-33-13-17-41(51-33)44(8,10-2)42-18-14-34(52-42)26-48-38-22-30(6)28(4)20-36(38)46-24-32-12-16-40(43)50-32;/h11-26H,7-10H2,1-6H3;/q-6;. The van der Waals surface area contributed by atoms with Crippen molar-refractivity contribution in [1.29, 1.82) is 0 Å². The van der Waals surface area contributed by atoms with Crippen molar-refractivity contribution in [2.75, 3.05) is 0 Å². The van der Waals surface area contributed by atoms with Crippen molar-refractivity contribution in [2.24, 2.45) is 20.0 Å². The Labute approximate surface area is 336 Å². The first-order valence-electron chi connectivity index (χ1n) is 17.7. The van der Waals surface area contributed by atoms with Crippen LogP contribution in [-0.4, -0.2) is 24.9 Å². The molecule has 0 saturated heterocycles. The molecular formula is C44H42N8U-6. The molecule has 8 nitrogen and oxygen atoms in total. The Bertz CT molecular complexity index is 2050. The summed E-state index contributed by atoms with van der Waals surface area (Å²) in [5.74, 6) is 0. The molecule has 5 heterocycles. The molecule has 0 atom stereocenters. The maximum Gasteiger partial charge on any atom is 0.0888 e. The number of aliphatic imine (C=N–C) groups is 4. The Morgan fingerprint density at radius 3 is 0.868 bits per heavy atom. The van der Waals surface area contributed by atoms with Gasteiger partial charge in [-0.05, 0) is 74.2 Å².